The summed E-state index contributed by atoms with van der Waals surface area (Å²) in [4.78, 5) is 2.90. The van der Waals surface area contributed by atoms with Gasteiger partial charge in [0.15, 0.2) is 0 Å². The van der Waals surface area contributed by atoms with E-state index < -0.39 is 6.55 Å². The zero-order valence-corrected chi connectivity index (χ0v) is 8.22. The second-order valence-corrected chi connectivity index (χ2v) is 3.44. The molecule has 0 fully saturated rings. The van der Waals surface area contributed by atoms with Crippen molar-refractivity contribution in [2.24, 2.45) is 16.1 Å². The zero-order chi connectivity index (χ0) is 10.5. The lowest BCUT2D eigenvalue weighted by Crippen LogP contribution is -2.20. The summed E-state index contributed by atoms with van der Waals surface area (Å²) >= 11 is 0. The highest BCUT2D eigenvalue weighted by Crippen LogP contribution is 2.25. The number of hydrogen-bond acceptors (Lipinski definition) is 2. The third-order valence-corrected chi connectivity index (χ3v) is 2.12. The van der Waals surface area contributed by atoms with Gasteiger partial charge in [0.1, 0.15) is 0 Å². The van der Waals surface area contributed by atoms with Gasteiger partial charge in [0.2, 0.25) is 0 Å². The van der Waals surface area contributed by atoms with Gasteiger partial charge in [-0.15, -0.1) is 0 Å². The Labute approximate surface area is 77.5 Å². The first kappa shape index (κ1) is 12.1. The maximum atomic E-state index is 11.6. The predicted molar refractivity (Wildman–Crippen MR) is 50.8 cm³/mol. The molecular weight excluding hydrogens is 174 g/mol. The van der Waals surface area contributed by atoms with Gasteiger partial charge in [-0.1, -0.05) is 20.8 Å². The van der Waals surface area contributed by atoms with Gasteiger partial charge in [0.25, 0.3) is 0 Å². The highest BCUT2D eigenvalue weighted by Gasteiger charge is 2.17. The molecule has 0 aliphatic heterocycles. The SMILES string of the molecule is CCC(C)(C)/C(N)=C/C=N/C(F)F. The summed E-state index contributed by atoms with van der Waals surface area (Å²) in [5.41, 5.74) is 6.08. The summed E-state index contributed by atoms with van der Waals surface area (Å²) in [6.07, 6.45) is 3.34. The van der Waals surface area contributed by atoms with Gasteiger partial charge in [0, 0.05) is 17.3 Å². The molecular formula is C9H16F2N2. The lowest BCUT2D eigenvalue weighted by Gasteiger charge is -2.22. The van der Waals surface area contributed by atoms with Crippen molar-refractivity contribution in [3.05, 3.63) is 11.8 Å². The van der Waals surface area contributed by atoms with Crippen LogP contribution < -0.4 is 5.73 Å². The van der Waals surface area contributed by atoms with Crippen LogP contribution in [0, 0.1) is 5.41 Å². The maximum absolute atomic E-state index is 11.6. The van der Waals surface area contributed by atoms with Gasteiger partial charge in [-0.05, 0) is 12.5 Å². The molecule has 2 N–H and O–H groups in total. The maximum Gasteiger partial charge on any atom is 0.331 e. The Kier molecular flexibility index (Phi) is 4.59. The van der Waals surface area contributed by atoms with Gasteiger partial charge in [-0.2, -0.15) is 8.78 Å². The van der Waals surface area contributed by atoms with Gasteiger partial charge in [-0.3, -0.25) is 0 Å². The lowest BCUT2D eigenvalue weighted by molar-refractivity contribution is 0.161. The summed E-state index contributed by atoms with van der Waals surface area (Å²) in [7, 11) is 0. The van der Waals surface area contributed by atoms with Crippen molar-refractivity contribution in [2.75, 3.05) is 0 Å². The molecule has 0 aliphatic carbocycles. The van der Waals surface area contributed by atoms with Crippen molar-refractivity contribution in [1.82, 2.24) is 0 Å². The van der Waals surface area contributed by atoms with E-state index in [4.69, 9.17) is 5.73 Å². The molecule has 0 unspecified atom stereocenters. The van der Waals surface area contributed by atoms with Crippen LogP contribution in [0.25, 0.3) is 0 Å². The molecule has 0 aliphatic rings. The third-order valence-electron chi connectivity index (χ3n) is 2.12. The van der Waals surface area contributed by atoms with E-state index in [2.05, 4.69) is 4.99 Å². The summed E-state index contributed by atoms with van der Waals surface area (Å²) in [6, 6.07) is 0. The molecule has 0 radical (unpaired) electrons. The Morgan fingerprint density at radius 3 is 2.46 bits per heavy atom. The first-order valence-electron chi connectivity index (χ1n) is 4.17. The van der Waals surface area contributed by atoms with Crippen LogP contribution in [0.5, 0.6) is 0 Å². The van der Waals surface area contributed by atoms with Crippen molar-refractivity contribution in [3.8, 4) is 0 Å². The molecule has 0 aromatic heterocycles. The largest absolute Gasteiger partial charge is 0.402 e. The molecule has 76 valence electrons. The Bertz CT molecular complexity index is 208. The number of nitrogens with two attached hydrogens (primary N) is 1. The molecule has 0 amide bonds. The summed E-state index contributed by atoms with van der Waals surface area (Å²) < 4.78 is 23.2. The van der Waals surface area contributed by atoms with Crippen molar-refractivity contribution in [3.63, 3.8) is 0 Å². The molecule has 0 bridgehead atoms. The number of halogens is 2. The van der Waals surface area contributed by atoms with Crippen LogP contribution in [0.3, 0.4) is 0 Å². The molecule has 0 aromatic carbocycles. The Hall–Kier alpha value is -0.930. The van der Waals surface area contributed by atoms with Crippen LogP contribution in [0.15, 0.2) is 16.8 Å². The standard InChI is InChI=1S/C9H16F2N2/c1-4-9(2,3)7(12)5-6-13-8(10)11/h5-6,8H,4,12H2,1-3H3/b7-5-,13-6+. The minimum absolute atomic E-state index is 0.159. The van der Waals surface area contributed by atoms with E-state index in [0.717, 1.165) is 12.6 Å². The van der Waals surface area contributed by atoms with Crippen LogP contribution >= 0.6 is 0 Å². The van der Waals surface area contributed by atoms with Crippen molar-refractivity contribution in [2.45, 2.75) is 33.7 Å². The van der Waals surface area contributed by atoms with Crippen LogP contribution in [-0.4, -0.2) is 12.8 Å². The van der Waals surface area contributed by atoms with Gasteiger partial charge in [-0.25, -0.2) is 4.99 Å². The first-order chi connectivity index (χ1) is 5.90. The van der Waals surface area contributed by atoms with Crippen molar-refractivity contribution < 1.29 is 8.78 Å². The van der Waals surface area contributed by atoms with Gasteiger partial charge >= 0.3 is 6.55 Å². The molecule has 13 heavy (non-hydrogen) atoms. The topological polar surface area (TPSA) is 38.4 Å². The second kappa shape index (κ2) is 4.94. The van der Waals surface area contributed by atoms with Crippen LogP contribution in [0.2, 0.25) is 0 Å². The van der Waals surface area contributed by atoms with E-state index in [9.17, 15) is 8.78 Å². The molecule has 0 heterocycles. The van der Waals surface area contributed by atoms with Crippen LogP contribution in [-0.2, 0) is 0 Å². The van der Waals surface area contributed by atoms with Crippen LogP contribution in [0.4, 0.5) is 8.78 Å². The summed E-state index contributed by atoms with van der Waals surface area (Å²) in [6.45, 7) is 3.24. The highest BCUT2D eigenvalue weighted by atomic mass is 19.3. The monoisotopic (exact) mass is 190 g/mol. The van der Waals surface area contributed by atoms with E-state index in [1.54, 1.807) is 0 Å². The Morgan fingerprint density at radius 1 is 1.54 bits per heavy atom. The van der Waals surface area contributed by atoms with Crippen molar-refractivity contribution >= 4 is 6.21 Å². The van der Waals surface area contributed by atoms with E-state index >= 15 is 0 Å². The van der Waals surface area contributed by atoms with E-state index in [-0.39, 0.29) is 5.41 Å². The Morgan fingerprint density at radius 2 is 2.08 bits per heavy atom. The molecule has 0 aromatic rings. The third kappa shape index (κ3) is 4.60. The normalized spacial score (nSPS) is 14.5. The molecule has 0 atom stereocenters. The summed E-state index contributed by atoms with van der Waals surface area (Å²) in [5, 5.41) is 0. The Balaban J connectivity index is 4.33. The number of hydrogen-bond donors (Lipinski definition) is 1. The average Bonchev–Trinajstić information content (AvgIpc) is 2.03. The van der Waals surface area contributed by atoms with Gasteiger partial charge < -0.3 is 5.73 Å². The number of rotatable bonds is 4. The lowest BCUT2D eigenvalue weighted by atomic mass is 9.86. The van der Waals surface area contributed by atoms with E-state index in [1.807, 2.05) is 20.8 Å². The average molecular weight is 190 g/mol. The molecule has 0 spiro atoms. The van der Waals surface area contributed by atoms with Gasteiger partial charge in [0.05, 0.1) is 0 Å². The summed E-state index contributed by atoms with van der Waals surface area (Å²) in [5.74, 6) is 0. The first-order valence-corrected chi connectivity index (χ1v) is 4.17. The fraction of sp³-hybridized carbons (Fsp3) is 0.667. The molecule has 0 saturated carbocycles. The quantitative estimate of drug-likeness (QED) is 0.537. The van der Waals surface area contributed by atoms with Crippen molar-refractivity contribution in [1.29, 1.82) is 0 Å². The molecule has 4 heteroatoms. The molecule has 0 rings (SSSR count). The minimum Gasteiger partial charge on any atom is -0.402 e. The number of nitrogens with zero attached hydrogens (tertiary/aromatic N) is 1. The van der Waals surface area contributed by atoms with E-state index in [0.29, 0.717) is 5.70 Å². The fourth-order valence-corrected chi connectivity index (χ4v) is 0.618. The second-order valence-electron chi connectivity index (χ2n) is 3.44. The predicted octanol–water partition coefficient (Wildman–Crippen LogP) is 2.56. The zero-order valence-electron chi connectivity index (χ0n) is 8.22. The fourth-order valence-electron chi connectivity index (χ4n) is 0.618. The number of allylic oxidation sites excluding steroid dienone is 2. The molecule has 0 saturated heterocycles. The minimum atomic E-state index is -2.66. The molecule has 2 nitrogen and oxygen atoms in total. The van der Waals surface area contributed by atoms with Crippen LogP contribution in [0.1, 0.15) is 27.2 Å². The van der Waals surface area contributed by atoms with E-state index in [1.165, 1.54) is 6.08 Å². The number of aliphatic imine (C=N–C) groups is 1. The number of alkyl halides is 2. The smallest absolute Gasteiger partial charge is 0.331 e. The highest BCUT2D eigenvalue weighted by molar-refractivity contribution is 5.72.